The molecule has 7 heteroatoms. The average molecular weight is 292 g/mol. The summed E-state index contributed by atoms with van der Waals surface area (Å²) >= 11 is 5.71. The third kappa shape index (κ3) is 2.84. The zero-order valence-electron chi connectivity index (χ0n) is 9.89. The maximum atomic E-state index is 13.4. The summed E-state index contributed by atoms with van der Waals surface area (Å²) in [7, 11) is 0. The molecule has 0 atom stereocenters. The molecular formula is C13H7ClFN3O2. The summed E-state index contributed by atoms with van der Waals surface area (Å²) in [5, 5.41) is 20.5. The lowest BCUT2D eigenvalue weighted by Crippen LogP contribution is -2.02. The summed E-state index contributed by atoms with van der Waals surface area (Å²) in [4.78, 5) is 14.8. The average Bonchev–Trinajstić information content (AvgIpc) is 2.38. The second-order valence-electron chi connectivity index (χ2n) is 3.77. The monoisotopic (exact) mass is 291 g/mol. The maximum absolute atomic E-state index is 13.4. The van der Waals surface area contributed by atoms with Crippen LogP contribution in [0.1, 0.15) is 15.9 Å². The highest BCUT2D eigenvalue weighted by molar-refractivity contribution is 6.29. The van der Waals surface area contributed by atoms with E-state index in [1.54, 1.807) is 6.07 Å². The number of rotatable bonds is 3. The Labute approximate surface area is 118 Å². The number of carboxylic acids is 1. The molecule has 1 aromatic heterocycles. The Bertz CT molecular complexity index is 728. The van der Waals surface area contributed by atoms with Crippen molar-refractivity contribution in [2.75, 3.05) is 5.32 Å². The number of aromatic nitrogens is 1. The fraction of sp³-hybridized carbons (Fsp3) is 0. The molecule has 0 amide bonds. The van der Waals surface area contributed by atoms with E-state index in [0.29, 0.717) is 0 Å². The molecule has 0 aliphatic carbocycles. The number of nitrogens with zero attached hydrogens (tertiary/aromatic N) is 2. The van der Waals surface area contributed by atoms with Crippen LogP contribution in [0.4, 0.5) is 15.9 Å². The summed E-state index contributed by atoms with van der Waals surface area (Å²) in [6.07, 6.45) is 0. The van der Waals surface area contributed by atoms with E-state index in [1.165, 1.54) is 24.3 Å². The molecule has 0 aliphatic heterocycles. The van der Waals surface area contributed by atoms with E-state index in [0.717, 1.165) is 6.07 Å². The minimum Gasteiger partial charge on any atom is -0.478 e. The van der Waals surface area contributed by atoms with Gasteiger partial charge < -0.3 is 10.4 Å². The normalized spacial score (nSPS) is 9.85. The van der Waals surface area contributed by atoms with Crippen LogP contribution in [-0.4, -0.2) is 16.1 Å². The molecule has 0 saturated heterocycles. The molecule has 0 unspecified atom stereocenters. The minimum absolute atomic E-state index is 0.0256. The summed E-state index contributed by atoms with van der Waals surface area (Å²) in [5.74, 6) is -1.74. The van der Waals surface area contributed by atoms with E-state index in [1.807, 2.05) is 0 Å². The molecule has 0 aliphatic rings. The van der Waals surface area contributed by atoms with E-state index in [-0.39, 0.29) is 27.8 Å². The number of hydrogen-bond donors (Lipinski definition) is 2. The van der Waals surface area contributed by atoms with Gasteiger partial charge >= 0.3 is 5.97 Å². The second-order valence-corrected chi connectivity index (χ2v) is 4.16. The molecule has 0 saturated carbocycles. The molecule has 2 aromatic rings. The molecule has 0 fully saturated rings. The van der Waals surface area contributed by atoms with Gasteiger partial charge in [-0.25, -0.2) is 14.2 Å². The van der Waals surface area contributed by atoms with Gasteiger partial charge in [-0.05, 0) is 24.3 Å². The van der Waals surface area contributed by atoms with Gasteiger partial charge in [0.1, 0.15) is 28.4 Å². The number of pyridine rings is 1. The van der Waals surface area contributed by atoms with Crippen LogP contribution in [0.25, 0.3) is 0 Å². The van der Waals surface area contributed by atoms with Crippen molar-refractivity contribution in [2.24, 2.45) is 0 Å². The van der Waals surface area contributed by atoms with Gasteiger partial charge in [0.15, 0.2) is 0 Å². The fourth-order valence-electron chi connectivity index (χ4n) is 1.56. The Morgan fingerprint density at radius 1 is 1.45 bits per heavy atom. The van der Waals surface area contributed by atoms with Crippen LogP contribution in [0, 0.1) is 17.1 Å². The first-order chi connectivity index (χ1) is 9.51. The SMILES string of the molecule is N#Cc1c(F)cccc1Nc1cc(C(=O)O)cc(Cl)n1. The largest absolute Gasteiger partial charge is 0.478 e. The quantitative estimate of drug-likeness (QED) is 0.848. The molecule has 0 bridgehead atoms. The van der Waals surface area contributed by atoms with E-state index in [9.17, 15) is 9.18 Å². The molecule has 1 heterocycles. The molecule has 0 spiro atoms. The third-order valence-electron chi connectivity index (χ3n) is 2.43. The van der Waals surface area contributed by atoms with Crippen LogP contribution < -0.4 is 5.32 Å². The molecule has 1 aromatic carbocycles. The van der Waals surface area contributed by atoms with Crippen molar-refractivity contribution in [2.45, 2.75) is 0 Å². The van der Waals surface area contributed by atoms with Gasteiger partial charge in [0.25, 0.3) is 0 Å². The number of anilines is 2. The van der Waals surface area contributed by atoms with Crippen molar-refractivity contribution in [1.82, 2.24) is 4.98 Å². The summed E-state index contributed by atoms with van der Waals surface area (Å²) in [5.41, 5.74) is -0.0767. The minimum atomic E-state index is -1.17. The predicted molar refractivity (Wildman–Crippen MR) is 70.6 cm³/mol. The Kier molecular flexibility index (Phi) is 3.82. The highest BCUT2D eigenvalue weighted by Gasteiger charge is 2.11. The number of nitrogens with one attached hydrogen (secondary N) is 1. The maximum Gasteiger partial charge on any atom is 0.335 e. The lowest BCUT2D eigenvalue weighted by molar-refractivity contribution is 0.0697. The summed E-state index contributed by atoms with van der Waals surface area (Å²) in [6, 6.07) is 8.19. The van der Waals surface area contributed by atoms with Gasteiger partial charge in [0.2, 0.25) is 0 Å². The van der Waals surface area contributed by atoms with Crippen molar-refractivity contribution in [3.8, 4) is 6.07 Å². The van der Waals surface area contributed by atoms with Crippen molar-refractivity contribution < 1.29 is 14.3 Å². The summed E-state index contributed by atoms with van der Waals surface area (Å²) in [6.45, 7) is 0. The number of hydrogen-bond acceptors (Lipinski definition) is 4. The lowest BCUT2D eigenvalue weighted by atomic mass is 10.2. The van der Waals surface area contributed by atoms with Crippen molar-refractivity contribution in [1.29, 1.82) is 5.26 Å². The molecule has 20 heavy (non-hydrogen) atoms. The first-order valence-electron chi connectivity index (χ1n) is 5.38. The summed E-state index contributed by atoms with van der Waals surface area (Å²) < 4.78 is 13.4. The molecule has 2 N–H and O–H groups in total. The second kappa shape index (κ2) is 5.55. The third-order valence-corrected chi connectivity index (χ3v) is 2.62. The van der Waals surface area contributed by atoms with Gasteiger partial charge in [-0.2, -0.15) is 5.26 Å². The van der Waals surface area contributed by atoms with Gasteiger partial charge in [-0.1, -0.05) is 17.7 Å². The van der Waals surface area contributed by atoms with Crippen molar-refractivity contribution in [3.63, 3.8) is 0 Å². The highest BCUT2D eigenvalue weighted by atomic mass is 35.5. The Hall–Kier alpha value is -2.65. The topological polar surface area (TPSA) is 86.0 Å². The van der Waals surface area contributed by atoms with Crippen LogP contribution in [-0.2, 0) is 0 Å². The zero-order valence-corrected chi connectivity index (χ0v) is 10.6. The standard InChI is InChI=1S/C13H7ClFN3O2/c14-11-4-7(13(19)20)5-12(18-11)17-10-3-1-2-9(15)8(10)6-16/h1-5H,(H,17,18)(H,19,20). The number of carbonyl (C=O) groups is 1. The van der Waals surface area contributed by atoms with Gasteiger partial charge in [0, 0.05) is 0 Å². The van der Waals surface area contributed by atoms with Gasteiger partial charge in [-0.3, -0.25) is 0 Å². The Balaban J connectivity index is 2.43. The molecule has 2 rings (SSSR count). The smallest absolute Gasteiger partial charge is 0.335 e. The van der Waals surface area contributed by atoms with Gasteiger partial charge in [-0.15, -0.1) is 0 Å². The lowest BCUT2D eigenvalue weighted by Gasteiger charge is -2.09. The highest BCUT2D eigenvalue weighted by Crippen LogP contribution is 2.23. The van der Waals surface area contributed by atoms with Crippen LogP contribution in [0.2, 0.25) is 5.15 Å². The molecule has 0 radical (unpaired) electrons. The van der Waals surface area contributed by atoms with Gasteiger partial charge in [0.05, 0.1) is 11.3 Å². The first kappa shape index (κ1) is 13.8. The number of nitriles is 1. The van der Waals surface area contributed by atoms with Crippen LogP contribution in [0.5, 0.6) is 0 Å². The van der Waals surface area contributed by atoms with Crippen LogP contribution in [0.15, 0.2) is 30.3 Å². The molecular weight excluding hydrogens is 285 g/mol. The Morgan fingerprint density at radius 2 is 2.20 bits per heavy atom. The fourth-order valence-corrected chi connectivity index (χ4v) is 1.77. The van der Waals surface area contributed by atoms with Crippen molar-refractivity contribution >= 4 is 29.1 Å². The number of benzene rings is 1. The van der Waals surface area contributed by atoms with E-state index >= 15 is 0 Å². The first-order valence-corrected chi connectivity index (χ1v) is 5.75. The van der Waals surface area contributed by atoms with E-state index in [4.69, 9.17) is 22.0 Å². The Morgan fingerprint density at radius 3 is 2.85 bits per heavy atom. The van der Waals surface area contributed by atoms with E-state index in [2.05, 4.69) is 10.3 Å². The number of aromatic carboxylic acids is 1. The number of halogens is 2. The molecule has 100 valence electrons. The van der Waals surface area contributed by atoms with E-state index < -0.39 is 11.8 Å². The zero-order chi connectivity index (χ0) is 14.7. The van der Waals surface area contributed by atoms with Crippen LogP contribution >= 0.6 is 11.6 Å². The molecule has 5 nitrogen and oxygen atoms in total. The predicted octanol–water partition coefficient (Wildman–Crippen LogP) is 3.19. The van der Waals surface area contributed by atoms with Crippen LogP contribution in [0.3, 0.4) is 0 Å². The van der Waals surface area contributed by atoms with Crippen molar-refractivity contribution in [3.05, 3.63) is 52.4 Å². The number of carboxylic acid groups (broad SMARTS) is 1.